The molecule has 0 aliphatic carbocycles. The van der Waals surface area contributed by atoms with Gasteiger partial charge in [-0.05, 0) is 32.6 Å². The average molecular weight is 333 g/mol. The Labute approximate surface area is 137 Å². The Kier molecular flexibility index (Phi) is 5.81. The second kappa shape index (κ2) is 6.83. The van der Waals surface area contributed by atoms with Crippen LogP contribution in [0.2, 0.25) is 0 Å². The van der Waals surface area contributed by atoms with Crippen LogP contribution >= 0.6 is 12.4 Å². The zero-order chi connectivity index (χ0) is 15.8. The van der Waals surface area contributed by atoms with E-state index in [-0.39, 0.29) is 36.8 Å². The van der Waals surface area contributed by atoms with Gasteiger partial charge in [0.25, 0.3) is 5.91 Å². The van der Waals surface area contributed by atoms with Crippen molar-refractivity contribution >= 4 is 30.3 Å². The molecule has 4 amide bonds. The van der Waals surface area contributed by atoms with Gasteiger partial charge < -0.3 is 16.0 Å². The van der Waals surface area contributed by atoms with Crippen LogP contribution in [0.4, 0.5) is 4.79 Å². The molecule has 2 saturated heterocycles. The third-order valence-corrected chi connectivity index (χ3v) is 4.31. The van der Waals surface area contributed by atoms with Gasteiger partial charge in [0.05, 0.1) is 0 Å². The first-order valence-corrected chi connectivity index (χ1v) is 7.40. The number of halogens is 1. The van der Waals surface area contributed by atoms with E-state index >= 15 is 0 Å². The number of carbonyl (C=O) groups excluding carboxylic acids is 3. The summed E-state index contributed by atoms with van der Waals surface area (Å²) in [5.74, 6) is -0.0349. The van der Waals surface area contributed by atoms with Gasteiger partial charge in [-0.3, -0.25) is 14.5 Å². The van der Waals surface area contributed by atoms with Crippen molar-refractivity contribution in [1.29, 1.82) is 0 Å². The molecule has 3 N–H and O–H groups in total. The minimum Gasteiger partial charge on any atom is -0.337 e. The first kappa shape index (κ1) is 18.7. The molecule has 2 aliphatic rings. The number of hydrogen-bond donors (Lipinski definition) is 2. The van der Waals surface area contributed by atoms with Gasteiger partial charge in [0, 0.05) is 19.1 Å². The number of nitrogens with one attached hydrogen (secondary N) is 1. The topological polar surface area (TPSA) is 95.7 Å². The van der Waals surface area contributed by atoms with Crippen LogP contribution in [0.1, 0.15) is 33.6 Å². The van der Waals surface area contributed by atoms with Crippen molar-refractivity contribution in [2.45, 2.75) is 45.2 Å². The van der Waals surface area contributed by atoms with Crippen LogP contribution in [0.3, 0.4) is 0 Å². The normalized spacial score (nSPS) is 27.5. The Balaban J connectivity index is 0.00000242. The molecule has 126 valence electrons. The number of likely N-dealkylation sites (tertiary alicyclic amines) is 1. The largest absolute Gasteiger partial charge is 0.337 e. The number of hydrogen-bond acceptors (Lipinski definition) is 4. The summed E-state index contributed by atoms with van der Waals surface area (Å²) in [5.41, 5.74) is 4.80. The van der Waals surface area contributed by atoms with Crippen molar-refractivity contribution in [3.8, 4) is 0 Å². The zero-order valence-electron chi connectivity index (χ0n) is 13.3. The van der Waals surface area contributed by atoms with E-state index in [0.717, 1.165) is 17.7 Å². The molecular formula is C14H25ClN4O3. The number of urea groups is 1. The highest BCUT2D eigenvalue weighted by molar-refractivity contribution is 6.08. The third kappa shape index (κ3) is 3.52. The SMILES string of the molecule is CC1CCN(C(=O)CN2C(=O)NC(C)(C)C2=O)C(CN)C1.Cl. The lowest BCUT2D eigenvalue weighted by Gasteiger charge is -2.38. The summed E-state index contributed by atoms with van der Waals surface area (Å²) in [7, 11) is 0. The molecule has 0 aromatic carbocycles. The molecule has 2 heterocycles. The van der Waals surface area contributed by atoms with E-state index in [1.807, 2.05) is 0 Å². The van der Waals surface area contributed by atoms with Gasteiger partial charge in [0.15, 0.2) is 0 Å². The standard InChI is InChI=1S/C14H24N4O3.ClH/c1-9-4-5-17(10(6-9)7-15)11(19)8-18-12(20)14(2,3)16-13(18)21;/h9-10H,4-8,15H2,1-3H3,(H,16,21);1H. The lowest BCUT2D eigenvalue weighted by atomic mass is 9.92. The van der Waals surface area contributed by atoms with E-state index in [0.29, 0.717) is 19.0 Å². The minimum atomic E-state index is -0.943. The third-order valence-electron chi connectivity index (χ3n) is 4.31. The maximum absolute atomic E-state index is 12.4. The van der Waals surface area contributed by atoms with Gasteiger partial charge in [-0.25, -0.2) is 4.79 Å². The highest BCUT2D eigenvalue weighted by Crippen LogP contribution is 2.23. The minimum absolute atomic E-state index is 0. The molecule has 2 atom stereocenters. The van der Waals surface area contributed by atoms with Gasteiger partial charge in [-0.1, -0.05) is 6.92 Å². The summed E-state index contributed by atoms with van der Waals surface area (Å²) in [6.45, 7) is 6.23. The molecule has 2 rings (SSSR count). The summed E-state index contributed by atoms with van der Waals surface area (Å²) >= 11 is 0. The fourth-order valence-corrected chi connectivity index (χ4v) is 2.99. The predicted octanol–water partition coefficient (Wildman–Crippen LogP) is 0.324. The van der Waals surface area contributed by atoms with Gasteiger partial charge in [-0.2, -0.15) is 0 Å². The molecular weight excluding hydrogens is 308 g/mol. The Morgan fingerprint density at radius 2 is 2.05 bits per heavy atom. The van der Waals surface area contributed by atoms with E-state index in [2.05, 4.69) is 12.2 Å². The molecule has 8 heteroatoms. The molecule has 2 fully saturated rings. The maximum Gasteiger partial charge on any atom is 0.325 e. The summed E-state index contributed by atoms with van der Waals surface area (Å²) in [4.78, 5) is 39.1. The number of nitrogens with zero attached hydrogens (tertiary/aromatic N) is 2. The van der Waals surface area contributed by atoms with Crippen molar-refractivity contribution in [2.75, 3.05) is 19.6 Å². The Morgan fingerprint density at radius 1 is 1.41 bits per heavy atom. The number of rotatable bonds is 3. The molecule has 0 aromatic heterocycles. The first-order valence-electron chi connectivity index (χ1n) is 7.40. The second-order valence-corrected chi connectivity index (χ2v) is 6.55. The molecule has 0 aromatic rings. The average Bonchev–Trinajstić information content (AvgIpc) is 2.60. The summed E-state index contributed by atoms with van der Waals surface area (Å²) in [6, 6.07) is -0.511. The molecule has 2 aliphatic heterocycles. The molecule has 7 nitrogen and oxygen atoms in total. The van der Waals surface area contributed by atoms with Crippen LogP contribution in [-0.4, -0.2) is 58.9 Å². The van der Waals surface area contributed by atoms with Crippen LogP contribution in [-0.2, 0) is 9.59 Å². The summed E-state index contributed by atoms with van der Waals surface area (Å²) in [6.07, 6.45) is 1.79. The molecule has 0 saturated carbocycles. The first-order chi connectivity index (χ1) is 9.76. The lowest BCUT2D eigenvalue weighted by molar-refractivity contribution is -0.141. The van der Waals surface area contributed by atoms with Gasteiger partial charge >= 0.3 is 6.03 Å². The predicted molar refractivity (Wildman–Crippen MR) is 84.5 cm³/mol. The Morgan fingerprint density at radius 3 is 2.55 bits per heavy atom. The number of piperidine rings is 1. The fourth-order valence-electron chi connectivity index (χ4n) is 2.99. The van der Waals surface area contributed by atoms with Gasteiger partial charge in [-0.15, -0.1) is 12.4 Å². The van der Waals surface area contributed by atoms with Crippen LogP contribution in [0, 0.1) is 5.92 Å². The van der Waals surface area contributed by atoms with Crippen molar-refractivity contribution in [2.24, 2.45) is 11.7 Å². The van der Waals surface area contributed by atoms with Gasteiger partial charge in [0.1, 0.15) is 12.1 Å². The van der Waals surface area contributed by atoms with E-state index in [4.69, 9.17) is 5.73 Å². The fraction of sp³-hybridized carbons (Fsp3) is 0.786. The second-order valence-electron chi connectivity index (χ2n) is 6.55. The number of carbonyl (C=O) groups is 3. The van der Waals surface area contributed by atoms with E-state index < -0.39 is 11.6 Å². The molecule has 0 bridgehead atoms. The number of amides is 4. The van der Waals surface area contributed by atoms with Crippen molar-refractivity contribution < 1.29 is 14.4 Å². The molecule has 0 spiro atoms. The monoisotopic (exact) mass is 332 g/mol. The molecule has 0 radical (unpaired) electrons. The zero-order valence-corrected chi connectivity index (χ0v) is 14.1. The van der Waals surface area contributed by atoms with Crippen LogP contribution in [0.5, 0.6) is 0 Å². The van der Waals surface area contributed by atoms with E-state index in [1.54, 1.807) is 18.7 Å². The number of nitrogens with two attached hydrogens (primary N) is 1. The highest BCUT2D eigenvalue weighted by Gasteiger charge is 2.45. The lowest BCUT2D eigenvalue weighted by Crippen LogP contribution is -2.53. The van der Waals surface area contributed by atoms with E-state index in [9.17, 15) is 14.4 Å². The molecule has 22 heavy (non-hydrogen) atoms. The van der Waals surface area contributed by atoms with Gasteiger partial charge in [0.2, 0.25) is 5.91 Å². The van der Waals surface area contributed by atoms with E-state index in [1.165, 1.54) is 0 Å². The summed E-state index contributed by atoms with van der Waals surface area (Å²) in [5, 5.41) is 2.58. The van der Waals surface area contributed by atoms with Crippen LogP contribution < -0.4 is 11.1 Å². The number of imide groups is 1. The van der Waals surface area contributed by atoms with Crippen molar-refractivity contribution in [3.05, 3.63) is 0 Å². The van der Waals surface area contributed by atoms with Crippen LogP contribution in [0.25, 0.3) is 0 Å². The summed E-state index contributed by atoms with van der Waals surface area (Å²) < 4.78 is 0. The van der Waals surface area contributed by atoms with Crippen molar-refractivity contribution in [3.63, 3.8) is 0 Å². The van der Waals surface area contributed by atoms with Crippen molar-refractivity contribution in [1.82, 2.24) is 15.1 Å². The Bertz CT molecular complexity index is 469. The highest BCUT2D eigenvalue weighted by atomic mass is 35.5. The Hall–Kier alpha value is -1.34. The smallest absolute Gasteiger partial charge is 0.325 e. The maximum atomic E-state index is 12.4. The van der Waals surface area contributed by atoms with Crippen LogP contribution in [0.15, 0.2) is 0 Å². The molecule has 2 unspecified atom stereocenters. The quantitative estimate of drug-likeness (QED) is 0.728.